The summed E-state index contributed by atoms with van der Waals surface area (Å²) in [6.07, 6.45) is 6.26. The van der Waals surface area contributed by atoms with E-state index >= 15 is 0 Å². The SMILES string of the molecule is CC(C)N1CC(C)C(C)(S(N)(=O)=NC(=O)Nc2c3c(cc4c2CCC4)CCC3)N1. The lowest BCUT2D eigenvalue weighted by atomic mass is 9.99. The van der Waals surface area contributed by atoms with Gasteiger partial charge in [0.15, 0.2) is 0 Å². The molecule has 4 rings (SSSR count). The van der Waals surface area contributed by atoms with Crippen LogP contribution in [0.25, 0.3) is 0 Å². The summed E-state index contributed by atoms with van der Waals surface area (Å²) in [5, 5.41) is 11.2. The highest BCUT2D eigenvalue weighted by molar-refractivity contribution is 7.93. The number of nitrogens with zero attached hydrogens (tertiary/aromatic N) is 2. The predicted molar refractivity (Wildman–Crippen MR) is 117 cm³/mol. The fourth-order valence-corrected chi connectivity index (χ4v) is 6.30. The first kappa shape index (κ1) is 20.8. The van der Waals surface area contributed by atoms with Crippen LogP contribution in [0.15, 0.2) is 10.4 Å². The smallest absolute Gasteiger partial charge is 0.305 e. The van der Waals surface area contributed by atoms with Crippen molar-refractivity contribution in [1.29, 1.82) is 0 Å². The van der Waals surface area contributed by atoms with Crippen molar-refractivity contribution in [1.82, 2.24) is 10.4 Å². The zero-order valence-electron chi connectivity index (χ0n) is 17.9. The van der Waals surface area contributed by atoms with Crippen molar-refractivity contribution in [2.75, 3.05) is 11.9 Å². The molecule has 0 radical (unpaired) electrons. The number of benzene rings is 1. The van der Waals surface area contributed by atoms with E-state index < -0.39 is 20.8 Å². The van der Waals surface area contributed by atoms with Gasteiger partial charge in [-0.05, 0) is 81.5 Å². The Balaban J connectivity index is 1.63. The molecule has 3 atom stereocenters. The third-order valence-corrected chi connectivity index (χ3v) is 9.08. The maximum absolute atomic E-state index is 13.4. The van der Waals surface area contributed by atoms with Gasteiger partial charge in [-0.25, -0.2) is 24.6 Å². The molecule has 1 aromatic carbocycles. The lowest BCUT2D eigenvalue weighted by Crippen LogP contribution is -2.55. The second kappa shape index (κ2) is 7.34. The van der Waals surface area contributed by atoms with Crippen molar-refractivity contribution >= 4 is 21.6 Å². The van der Waals surface area contributed by atoms with E-state index in [-0.39, 0.29) is 12.0 Å². The zero-order valence-corrected chi connectivity index (χ0v) is 18.7. The largest absolute Gasteiger partial charge is 0.354 e. The molecule has 3 aliphatic rings. The Labute approximate surface area is 174 Å². The summed E-state index contributed by atoms with van der Waals surface area (Å²) in [6.45, 7) is 8.62. The predicted octanol–water partition coefficient (Wildman–Crippen LogP) is 3.12. The fourth-order valence-electron chi connectivity index (χ4n) is 4.92. The van der Waals surface area contributed by atoms with Crippen LogP contribution in [-0.4, -0.2) is 32.7 Å². The molecular formula is C21H33N5O2S. The molecule has 1 heterocycles. The molecular weight excluding hydrogens is 386 g/mol. The van der Waals surface area contributed by atoms with Crippen LogP contribution in [0.3, 0.4) is 0 Å². The van der Waals surface area contributed by atoms with Gasteiger partial charge in [0.2, 0.25) is 0 Å². The number of nitrogens with two attached hydrogens (primary N) is 1. The van der Waals surface area contributed by atoms with Crippen LogP contribution in [0.2, 0.25) is 0 Å². The van der Waals surface area contributed by atoms with Gasteiger partial charge in [0.05, 0.1) is 0 Å². The molecule has 3 unspecified atom stereocenters. The highest BCUT2D eigenvalue weighted by Gasteiger charge is 2.48. The minimum absolute atomic E-state index is 0.0100. The van der Waals surface area contributed by atoms with Crippen molar-refractivity contribution in [3.05, 3.63) is 28.3 Å². The van der Waals surface area contributed by atoms with Crippen LogP contribution in [0.5, 0.6) is 0 Å². The Hall–Kier alpha value is -1.48. The number of urea groups is 1. The molecule has 0 bridgehead atoms. The molecule has 0 aromatic heterocycles. The second-order valence-electron chi connectivity index (χ2n) is 9.19. The number of nitrogens with one attached hydrogen (secondary N) is 2. The molecule has 1 aromatic rings. The van der Waals surface area contributed by atoms with Gasteiger partial charge in [-0.3, -0.25) is 0 Å². The third-order valence-electron chi connectivity index (χ3n) is 6.93. The van der Waals surface area contributed by atoms with Crippen molar-refractivity contribution in [3.8, 4) is 0 Å². The van der Waals surface area contributed by atoms with Crippen molar-refractivity contribution in [3.63, 3.8) is 0 Å². The lowest BCUT2D eigenvalue weighted by molar-refractivity contribution is 0.181. The number of carbonyl (C=O) groups is 1. The number of hydrazine groups is 1. The van der Waals surface area contributed by atoms with E-state index in [2.05, 4.69) is 35.0 Å². The molecule has 7 nitrogen and oxygen atoms in total. The van der Waals surface area contributed by atoms with E-state index in [0.29, 0.717) is 6.54 Å². The van der Waals surface area contributed by atoms with Gasteiger partial charge in [0, 0.05) is 24.2 Å². The first-order chi connectivity index (χ1) is 13.6. The zero-order chi connectivity index (χ0) is 21.0. The molecule has 0 saturated carbocycles. The van der Waals surface area contributed by atoms with Gasteiger partial charge in [0.1, 0.15) is 14.8 Å². The molecule has 8 heteroatoms. The summed E-state index contributed by atoms with van der Waals surface area (Å²) in [5.41, 5.74) is 9.28. The van der Waals surface area contributed by atoms with Crippen LogP contribution in [-0.2, 0) is 35.6 Å². The maximum Gasteiger partial charge on any atom is 0.354 e. The van der Waals surface area contributed by atoms with Crippen LogP contribution in [0.1, 0.15) is 62.8 Å². The van der Waals surface area contributed by atoms with Crippen molar-refractivity contribution in [2.45, 2.75) is 77.1 Å². The van der Waals surface area contributed by atoms with Crippen LogP contribution in [0.4, 0.5) is 10.5 Å². The summed E-state index contributed by atoms with van der Waals surface area (Å²) in [4.78, 5) is 11.9. The lowest BCUT2D eigenvalue weighted by Gasteiger charge is -2.31. The molecule has 29 heavy (non-hydrogen) atoms. The molecule has 2 aliphatic carbocycles. The van der Waals surface area contributed by atoms with E-state index in [1.807, 2.05) is 11.9 Å². The average molecular weight is 420 g/mol. The number of anilines is 1. The molecule has 2 amide bonds. The summed E-state index contributed by atoms with van der Waals surface area (Å²) >= 11 is 0. The molecule has 1 saturated heterocycles. The topological polar surface area (TPSA) is 99.8 Å². The van der Waals surface area contributed by atoms with E-state index in [0.717, 1.165) is 44.2 Å². The van der Waals surface area contributed by atoms with Gasteiger partial charge >= 0.3 is 6.03 Å². The maximum atomic E-state index is 13.4. The monoisotopic (exact) mass is 419 g/mol. The first-order valence-corrected chi connectivity index (χ1v) is 12.3. The van der Waals surface area contributed by atoms with Crippen LogP contribution >= 0.6 is 0 Å². The Kier molecular flexibility index (Phi) is 5.26. The van der Waals surface area contributed by atoms with E-state index in [9.17, 15) is 9.00 Å². The highest BCUT2D eigenvalue weighted by Crippen LogP contribution is 2.39. The van der Waals surface area contributed by atoms with Crippen molar-refractivity contribution in [2.24, 2.45) is 15.4 Å². The van der Waals surface area contributed by atoms with Gasteiger partial charge in [-0.15, -0.1) is 4.36 Å². The van der Waals surface area contributed by atoms with Gasteiger partial charge in [-0.2, -0.15) is 0 Å². The highest BCUT2D eigenvalue weighted by atomic mass is 32.2. The van der Waals surface area contributed by atoms with Crippen LogP contribution in [0, 0.1) is 5.92 Å². The molecule has 1 aliphatic heterocycles. The normalized spacial score (nSPS) is 28.3. The van der Waals surface area contributed by atoms with Crippen LogP contribution < -0.4 is 15.9 Å². The third kappa shape index (κ3) is 3.50. The number of hydrogen-bond donors (Lipinski definition) is 3. The average Bonchev–Trinajstić information content (AvgIpc) is 3.34. The summed E-state index contributed by atoms with van der Waals surface area (Å²) < 4.78 is 17.4. The standard InChI is InChI=1S/C21H33N5O2S/c1-13(2)26-12-14(3)21(4,25-26)29(22,28)24-20(27)23-19-17-9-5-7-15(17)11-16-8-6-10-18(16)19/h11,13-14,25H,5-10,12H2,1-4H3,(H3,22,23,24,27,28). The fraction of sp³-hybridized carbons (Fsp3) is 0.667. The van der Waals surface area contributed by atoms with E-state index in [1.165, 1.54) is 22.3 Å². The number of rotatable bonds is 3. The van der Waals surface area contributed by atoms with Gasteiger partial charge < -0.3 is 5.32 Å². The number of carbonyl (C=O) groups excluding carboxylic acids is 1. The number of amides is 2. The number of fused-ring (bicyclic) bond motifs is 2. The molecule has 4 N–H and O–H groups in total. The minimum atomic E-state index is -3.31. The summed E-state index contributed by atoms with van der Waals surface area (Å²) in [5.74, 6) is -0.0100. The van der Waals surface area contributed by atoms with E-state index in [1.54, 1.807) is 6.92 Å². The Morgan fingerprint density at radius 3 is 2.38 bits per heavy atom. The molecule has 1 fully saturated rings. The Morgan fingerprint density at radius 2 is 1.86 bits per heavy atom. The Bertz CT molecular complexity index is 934. The molecule has 0 spiro atoms. The summed E-state index contributed by atoms with van der Waals surface area (Å²) in [6, 6.07) is 1.94. The van der Waals surface area contributed by atoms with E-state index in [4.69, 9.17) is 5.14 Å². The summed E-state index contributed by atoms with van der Waals surface area (Å²) in [7, 11) is -3.31. The number of hydrogen-bond acceptors (Lipinski definition) is 4. The van der Waals surface area contributed by atoms with Gasteiger partial charge in [-0.1, -0.05) is 13.0 Å². The quantitative estimate of drug-likeness (QED) is 0.701. The second-order valence-corrected chi connectivity index (χ2v) is 11.4. The van der Waals surface area contributed by atoms with Gasteiger partial charge in [0.25, 0.3) is 0 Å². The Morgan fingerprint density at radius 1 is 1.28 bits per heavy atom. The first-order valence-electron chi connectivity index (χ1n) is 10.7. The van der Waals surface area contributed by atoms with Crippen molar-refractivity contribution < 1.29 is 9.00 Å². The molecule has 160 valence electrons. The number of aryl methyl sites for hydroxylation is 2. The minimum Gasteiger partial charge on any atom is -0.305 e.